The summed E-state index contributed by atoms with van der Waals surface area (Å²) in [5, 5.41) is 6.21. The maximum Gasteiger partial charge on any atom is 0.239 e. The van der Waals surface area contributed by atoms with Gasteiger partial charge in [-0.25, -0.2) is 0 Å². The molecule has 1 aromatic rings. The monoisotopic (exact) mass is 356 g/mol. The second kappa shape index (κ2) is 8.36. The molecule has 5 nitrogen and oxygen atoms in total. The van der Waals surface area contributed by atoms with Crippen LogP contribution in [0.4, 0.5) is 5.69 Å². The van der Waals surface area contributed by atoms with Gasteiger partial charge in [-0.2, -0.15) is 0 Å². The Kier molecular flexibility index (Phi) is 6.48. The smallest absolute Gasteiger partial charge is 0.239 e. The highest BCUT2D eigenvalue weighted by atomic mass is 79.9. The number of halogens is 1. The van der Waals surface area contributed by atoms with E-state index < -0.39 is 0 Å². The lowest BCUT2D eigenvalue weighted by Crippen LogP contribution is -2.41. The van der Waals surface area contributed by atoms with Gasteiger partial charge in [-0.3, -0.25) is 4.79 Å². The van der Waals surface area contributed by atoms with Crippen LogP contribution in [-0.4, -0.2) is 38.8 Å². The molecule has 1 aliphatic heterocycles. The minimum atomic E-state index is 0.00485. The minimum absolute atomic E-state index is 0.00485. The molecular formula is C15H21BrN2O3. The van der Waals surface area contributed by atoms with Gasteiger partial charge >= 0.3 is 0 Å². The standard InChI is InChI=1S/C15H21BrN2O3/c1-20-10-12-13(16)3-2-4-14(12)17-9-15(19)18-11-5-7-21-8-6-11/h2-4,11,17H,5-10H2,1H3,(H,18,19). The van der Waals surface area contributed by atoms with Crippen LogP contribution in [0, 0.1) is 0 Å². The van der Waals surface area contributed by atoms with Crippen LogP contribution in [-0.2, 0) is 20.9 Å². The first-order valence-corrected chi connectivity index (χ1v) is 7.87. The molecule has 0 bridgehead atoms. The lowest BCUT2D eigenvalue weighted by Gasteiger charge is -2.23. The third-order valence-electron chi connectivity index (χ3n) is 3.43. The molecule has 1 fully saturated rings. The molecule has 1 amide bonds. The Bertz CT molecular complexity index is 476. The average Bonchev–Trinajstić information content (AvgIpc) is 2.49. The molecule has 6 heteroatoms. The minimum Gasteiger partial charge on any atom is -0.381 e. The zero-order valence-electron chi connectivity index (χ0n) is 12.2. The van der Waals surface area contributed by atoms with E-state index >= 15 is 0 Å². The zero-order valence-corrected chi connectivity index (χ0v) is 13.7. The van der Waals surface area contributed by atoms with E-state index in [1.54, 1.807) is 7.11 Å². The molecule has 0 aliphatic carbocycles. The maximum atomic E-state index is 12.0. The summed E-state index contributed by atoms with van der Waals surface area (Å²) >= 11 is 3.50. The van der Waals surface area contributed by atoms with Crippen LogP contribution in [0.25, 0.3) is 0 Å². The molecule has 1 saturated heterocycles. The number of rotatable bonds is 6. The number of hydrogen-bond acceptors (Lipinski definition) is 4. The Morgan fingerprint density at radius 2 is 2.19 bits per heavy atom. The molecule has 0 aromatic heterocycles. The number of ether oxygens (including phenoxy) is 2. The highest BCUT2D eigenvalue weighted by molar-refractivity contribution is 9.10. The summed E-state index contributed by atoms with van der Waals surface area (Å²) in [7, 11) is 1.65. The van der Waals surface area contributed by atoms with Crippen LogP contribution in [0.1, 0.15) is 18.4 Å². The van der Waals surface area contributed by atoms with Crippen LogP contribution in [0.5, 0.6) is 0 Å². The van der Waals surface area contributed by atoms with E-state index in [9.17, 15) is 4.79 Å². The highest BCUT2D eigenvalue weighted by Crippen LogP contribution is 2.25. The molecule has 0 spiro atoms. The fraction of sp³-hybridized carbons (Fsp3) is 0.533. The van der Waals surface area contributed by atoms with Crippen LogP contribution in [0.15, 0.2) is 22.7 Å². The summed E-state index contributed by atoms with van der Waals surface area (Å²) < 4.78 is 11.4. The number of anilines is 1. The molecule has 1 heterocycles. The van der Waals surface area contributed by atoms with Gasteiger partial charge in [-0.05, 0) is 25.0 Å². The van der Waals surface area contributed by atoms with Crippen molar-refractivity contribution in [3.63, 3.8) is 0 Å². The van der Waals surface area contributed by atoms with Crippen molar-refractivity contribution in [3.8, 4) is 0 Å². The molecule has 0 atom stereocenters. The second-order valence-electron chi connectivity index (χ2n) is 5.01. The zero-order chi connectivity index (χ0) is 15.1. The normalized spacial score (nSPS) is 15.7. The lowest BCUT2D eigenvalue weighted by molar-refractivity contribution is -0.120. The maximum absolute atomic E-state index is 12.0. The Labute approximate surface area is 133 Å². The largest absolute Gasteiger partial charge is 0.381 e. The first-order chi connectivity index (χ1) is 10.2. The summed E-state index contributed by atoms with van der Waals surface area (Å²) in [6, 6.07) is 6.07. The van der Waals surface area contributed by atoms with Gasteiger partial charge in [-0.15, -0.1) is 0 Å². The predicted octanol–water partition coefficient (Wildman–Crippen LogP) is 2.30. The summed E-state index contributed by atoms with van der Waals surface area (Å²) in [6.07, 6.45) is 1.77. The van der Waals surface area contributed by atoms with E-state index in [0.717, 1.165) is 41.8 Å². The van der Waals surface area contributed by atoms with Gasteiger partial charge in [0.15, 0.2) is 0 Å². The number of carbonyl (C=O) groups is 1. The van der Waals surface area contributed by atoms with Crippen molar-refractivity contribution < 1.29 is 14.3 Å². The Hall–Kier alpha value is -1.11. The first-order valence-electron chi connectivity index (χ1n) is 7.08. The number of nitrogens with one attached hydrogen (secondary N) is 2. The molecule has 0 unspecified atom stereocenters. The predicted molar refractivity (Wildman–Crippen MR) is 85.3 cm³/mol. The van der Waals surface area contributed by atoms with E-state index in [2.05, 4.69) is 26.6 Å². The number of hydrogen-bond donors (Lipinski definition) is 2. The van der Waals surface area contributed by atoms with Crippen molar-refractivity contribution in [1.29, 1.82) is 0 Å². The lowest BCUT2D eigenvalue weighted by atomic mass is 10.1. The van der Waals surface area contributed by atoms with Crippen molar-refractivity contribution >= 4 is 27.5 Å². The van der Waals surface area contributed by atoms with Crippen molar-refractivity contribution in [2.75, 3.05) is 32.2 Å². The van der Waals surface area contributed by atoms with Gasteiger partial charge in [0.25, 0.3) is 0 Å². The van der Waals surface area contributed by atoms with E-state index in [-0.39, 0.29) is 18.5 Å². The third kappa shape index (κ3) is 4.98. The fourth-order valence-corrected chi connectivity index (χ4v) is 2.79. The molecule has 21 heavy (non-hydrogen) atoms. The van der Waals surface area contributed by atoms with Gasteiger partial charge in [0.1, 0.15) is 0 Å². The van der Waals surface area contributed by atoms with E-state index in [1.165, 1.54) is 0 Å². The molecule has 0 radical (unpaired) electrons. The third-order valence-corrected chi connectivity index (χ3v) is 4.18. The Morgan fingerprint density at radius 3 is 2.90 bits per heavy atom. The number of carbonyl (C=O) groups excluding carboxylic acids is 1. The van der Waals surface area contributed by atoms with Crippen LogP contribution < -0.4 is 10.6 Å². The molecule has 116 valence electrons. The van der Waals surface area contributed by atoms with E-state index in [0.29, 0.717) is 6.61 Å². The summed E-state index contributed by atoms with van der Waals surface area (Å²) in [5.74, 6) is 0.00485. The molecular weight excluding hydrogens is 336 g/mol. The molecule has 1 aromatic carbocycles. The van der Waals surface area contributed by atoms with Gasteiger partial charge in [0, 0.05) is 42.1 Å². The molecule has 0 saturated carbocycles. The SMILES string of the molecule is COCc1c(Br)cccc1NCC(=O)NC1CCOCC1. The van der Waals surface area contributed by atoms with Gasteiger partial charge in [0.05, 0.1) is 13.2 Å². The fourth-order valence-electron chi connectivity index (χ4n) is 2.31. The van der Waals surface area contributed by atoms with Crippen molar-refractivity contribution in [1.82, 2.24) is 5.32 Å². The number of benzene rings is 1. The van der Waals surface area contributed by atoms with Gasteiger partial charge in [-0.1, -0.05) is 22.0 Å². The number of amides is 1. The van der Waals surface area contributed by atoms with Crippen molar-refractivity contribution in [2.24, 2.45) is 0 Å². The van der Waals surface area contributed by atoms with Crippen molar-refractivity contribution in [2.45, 2.75) is 25.5 Å². The first kappa shape index (κ1) is 16.3. The van der Waals surface area contributed by atoms with E-state index in [4.69, 9.17) is 9.47 Å². The number of methoxy groups -OCH3 is 1. The highest BCUT2D eigenvalue weighted by Gasteiger charge is 2.16. The van der Waals surface area contributed by atoms with Crippen LogP contribution in [0.3, 0.4) is 0 Å². The quantitative estimate of drug-likeness (QED) is 0.820. The summed E-state index contributed by atoms with van der Waals surface area (Å²) in [6.45, 7) is 2.19. The molecule has 2 N–H and O–H groups in total. The van der Waals surface area contributed by atoms with Crippen LogP contribution in [0.2, 0.25) is 0 Å². The molecule has 1 aliphatic rings. The van der Waals surface area contributed by atoms with Crippen molar-refractivity contribution in [3.05, 3.63) is 28.2 Å². The van der Waals surface area contributed by atoms with E-state index in [1.807, 2.05) is 18.2 Å². The van der Waals surface area contributed by atoms with Gasteiger partial charge < -0.3 is 20.1 Å². The summed E-state index contributed by atoms with van der Waals surface area (Å²) in [4.78, 5) is 12.0. The average molecular weight is 357 g/mol. The van der Waals surface area contributed by atoms with Gasteiger partial charge in [0.2, 0.25) is 5.91 Å². The topological polar surface area (TPSA) is 59.6 Å². The molecule has 2 rings (SSSR count). The van der Waals surface area contributed by atoms with Crippen LogP contribution >= 0.6 is 15.9 Å². The Morgan fingerprint density at radius 1 is 1.43 bits per heavy atom. The Balaban J connectivity index is 1.87. The second-order valence-corrected chi connectivity index (χ2v) is 5.86. The summed E-state index contributed by atoms with van der Waals surface area (Å²) in [5.41, 5.74) is 1.92.